The standard InChI is InChI=1S/C28H32N10O2/c1-36-14-20(12-30-36)31-28-29-9-7-24(33-28)18-5-6-23-19(11-18)13-37(22-16-40-17-22)10-8-25(23)32-27(39)26-15-38(35-34-26)21-3-2-4-21/h5-7,9,11-12,14-15,21-22,25H,2-4,8,10,13,16-17H2,1H3,(H,32,39)(H,29,31,33)/t25-/m1/s1. The number of amides is 1. The summed E-state index contributed by atoms with van der Waals surface area (Å²) in [5.41, 5.74) is 5.30. The summed E-state index contributed by atoms with van der Waals surface area (Å²) in [5.74, 6) is 0.321. The molecule has 1 atom stereocenters. The lowest BCUT2D eigenvalue weighted by atomic mass is 9.93. The van der Waals surface area contributed by atoms with Crippen molar-refractivity contribution in [2.24, 2.45) is 7.05 Å². The van der Waals surface area contributed by atoms with E-state index < -0.39 is 0 Å². The lowest BCUT2D eigenvalue weighted by molar-refractivity contribution is -0.0678. The highest BCUT2D eigenvalue weighted by molar-refractivity contribution is 5.92. The van der Waals surface area contributed by atoms with E-state index in [0.717, 1.165) is 68.1 Å². The van der Waals surface area contributed by atoms with Crippen molar-refractivity contribution in [3.63, 3.8) is 0 Å². The SMILES string of the molecule is Cn1cc(Nc2nccc(-c3ccc4c(c3)CN(C3COC3)CC[C@H]4NC(=O)c3cn(C4CCC4)nn3)n2)cn1. The van der Waals surface area contributed by atoms with E-state index in [1.165, 1.54) is 12.0 Å². The van der Waals surface area contributed by atoms with Crippen LogP contribution in [0.15, 0.2) is 49.1 Å². The number of fused-ring (bicyclic) bond motifs is 1. The molecule has 40 heavy (non-hydrogen) atoms. The quantitative estimate of drug-likeness (QED) is 0.364. The van der Waals surface area contributed by atoms with E-state index in [1.54, 1.807) is 23.3 Å². The molecule has 1 amide bonds. The lowest BCUT2D eigenvalue weighted by Crippen LogP contribution is -2.48. The minimum absolute atomic E-state index is 0.135. The van der Waals surface area contributed by atoms with Crippen LogP contribution in [-0.2, 0) is 18.3 Å². The van der Waals surface area contributed by atoms with Crippen LogP contribution in [0.4, 0.5) is 11.6 Å². The molecule has 206 valence electrons. The first kappa shape index (κ1) is 24.9. The van der Waals surface area contributed by atoms with Crippen molar-refractivity contribution in [1.29, 1.82) is 0 Å². The van der Waals surface area contributed by atoms with E-state index in [0.29, 0.717) is 23.7 Å². The van der Waals surface area contributed by atoms with Gasteiger partial charge in [0.2, 0.25) is 5.95 Å². The van der Waals surface area contributed by atoms with Crippen LogP contribution in [0, 0.1) is 0 Å². The van der Waals surface area contributed by atoms with Crippen LogP contribution in [0.25, 0.3) is 11.3 Å². The van der Waals surface area contributed by atoms with Crippen LogP contribution in [0.5, 0.6) is 0 Å². The van der Waals surface area contributed by atoms with Crippen LogP contribution >= 0.6 is 0 Å². The van der Waals surface area contributed by atoms with Crippen molar-refractivity contribution in [3.05, 3.63) is 65.9 Å². The highest BCUT2D eigenvalue weighted by Gasteiger charge is 2.32. The second-order valence-corrected chi connectivity index (χ2v) is 10.9. The Hall–Kier alpha value is -4.16. The molecule has 5 heterocycles. The van der Waals surface area contributed by atoms with E-state index >= 15 is 0 Å². The average molecular weight is 541 g/mol. The summed E-state index contributed by atoms with van der Waals surface area (Å²) in [7, 11) is 1.87. The zero-order chi connectivity index (χ0) is 27.1. The van der Waals surface area contributed by atoms with E-state index in [1.807, 2.05) is 24.0 Å². The molecule has 1 saturated heterocycles. The molecular formula is C28H32N10O2. The Morgan fingerprint density at radius 1 is 1.10 bits per heavy atom. The van der Waals surface area contributed by atoms with Gasteiger partial charge in [-0.05, 0) is 48.9 Å². The summed E-state index contributed by atoms with van der Waals surface area (Å²) in [6.07, 6.45) is 11.3. The van der Waals surface area contributed by atoms with Gasteiger partial charge in [-0.2, -0.15) is 5.10 Å². The van der Waals surface area contributed by atoms with Gasteiger partial charge in [0.15, 0.2) is 5.69 Å². The third kappa shape index (κ3) is 4.95. The van der Waals surface area contributed by atoms with E-state index in [4.69, 9.17) is 9.72 Å². The number of nitrogens with one attached hydrogen (secondary N) is 2. The Morgan fingerprint density at radius 3 is 2.75 bits per heavy atom. The van der Waals surface area contributed by atoms with E-state index in [9.17, 15) is 4.79 Å². The molecule has 0 bridgehead atoms. The van der Waals surface area contributed by atoms with Gasteiger partial charge in [0, 0.05) is 38.1 Å². The number of hydrogen-bond donors (Lipinski definition) is 2. The fourth-order valence-corrected chi connectivity index (χ4v) is 5.52. The Bertz CT molecular complexity index is 1520. The third-order valence-corrected chi connectivity index (χ3v) is 8.14. The molecule has 12 heteroatoms. The second kappa shape index (κ2) is 10.4. The molecule has 7 rings (SSSR count). The zero-order valence-corrected chi connectivity index (χ0v) is 22.4. The number of benzene rings is 1. The Labute approximate surface area is 231 Å². The molecule has 2 aliphatic heterocycles. The van der Waals surface area contributed by atoms with Crippen molar-refractivity contribution in [1.82, 2.24) is 45.0 Å². The third-order valence-electron chi connectivity index (χ3n) is 8.14. The minimum atomic E-state index is -0.187. The van der Waals surface area contributed by atoms with Crippen LogP contribution in [-0.4, -0.2) is 71.3 Å². The number of carbonyl (C=O) groups excluding carboxylic acids is 1. The van der Waals surface area contributed by atoms with Crippen LogP contribution < -0.4 is 10.6 Å². The van der Waals surface area contributed by atoms with Gasteiger partial charge in [-0.15, -0.1) is 5.10 Å². The average Bonchev–Trinajstić information content (AvgIpc) is 3.49. The van der Waals surface area contributed by atoms with Crippen LogP contribution in [0.2, 0.25) is 0 Å². The van der Waals surface area contributed by atoms with Crippen molar-refractivity contribution in [3.8, 4) is 11.3 Å². The van der Waals surface area contributed by atoms with E-state index in [-0.39, 0.29) is 11.9 Å². The monoisotopic (exact) mass is 540 g/mol. The van der Waals surface area contributed by atoms with Gasteiger partial charge in [-0.25, -0.2) is 14.6 Å². The van der Waals surface area contributed by atoms with Crippen molar-refractivity contribution >= 4 is 17.5 Å². The summed E-state index contributed by atoms with van der Waals surface area (Å²) < 4.78 is 9.06. The molecule has 0 unspecified atom stereocenters. The lowest BCUT2D eigenvalue weighted by Gasteiger charge is -2.36. The molecule has 2 N–H and O–H groups in total. The number of ether oxygens (including phenoxy) is 1. The molecule has 3 aromatic heterocycles. The number of aromatic nitrogens is 7. The number of carbonyl (C=O) groups is 1. The summed E-state index contributed by atoms with van der Waals surface area (Å²) in [6.45, 7) is 3.13. The molecule has 4 aromatic rings. The fourth-order valence-electron chi connectivity index (χ4n) is 5.52. The van der Waals surface area contributed by atoms with Crippen molar-refractivity contribution in [2.45, 2.75) is 50.4 Å². The van der Waals surface area contributed by atoms with Gasteiger partial charge in [0.05, 0.1) is 55.1 Å². The molecule has 12 nitrogen and oxygen atoms in total. The predicted molar refractivity (Wildman–Crippen MR) is 147 cm³/mol. The van der Waals surface area contributed by atoms with Crippen LogP contribution in [0.1, 0.15) is 59.4 Å². The van der Waals surface area contributed by atoms with Crippen molar-refractivity contribution < 1.29 is 9.53 Å². The largest absolute Gasteiger partial charge is 0.378 e. The molecule has 0 spiro atoms. The number of nitrogens with zero attached hydrogens (tertiary/aromatic N) is 8. The molecule has 1 aliphatic carbocycles. The predicted octanol–water partition coefficient (Wildman–Crippen LogP) is 3.01. The number of rotatable bonds is 7. The highest BCUT2D eigenvalue weighted by atomic mass is 16.5. The Balaban J connectivity index is 1.15. The Kier molecular flexibility index (Phi) is 6.48. The number of hydrogen-bond acceptors (Lipinski definition) is 9. The maximum Gasteiger partial charge on any atom is 0.273 e. The van der Waals surface area contributed by atoms with Gasteiger partial charge in [0.1, 0.15) is 0 Å². The summed E-state index contributed by atoms with van der Waals surface area (Å²) in [5, 5.41) is 19.0. The van der Waals surface area contributed by atoms with Crippen LogP contribution in [0.3, 0.4) is 0 Å². The molecule has 3 aliphatic rings. The van der Waals surface area contributed by atoms with Crippen molar-refractivity contribution in [2.75, 3.05) is 25.1 Å². The first-order valence-electron chi connectivity index (χ1n) is 13.9. The normalized spacial score (nSPS) is 19.8. The molecule has 2 fully saturated rings. The second-order valence-electron chi connectivity index (χ2n) is 10.9. The summed E-state index contributed by atoms with van der Waals surface area (Å²) >= 11 is 0. The van der Waals surface area contributed by atoms with E-state index in [2.05, 4.69) is 54.1 Å². The minimum Gasteiger partial charge on any atom is -0.378 e. The van der Waals surface area contributed by atoms with Gasteiger partial charge < -0.3 is 15.4 Å². The first-order valence-corrected chi connectivity index (χ1v) is 13.9. The molecule has 1 saturated carbocycles. The summed E-state index contributed by atoms with van der Waals surface area (Å²) in [4.78, 5) is 24.8. The molecule has 1 aromatic carbocycles. The highest BCUT2D eigenvalue weighted by Crippen LogP contribution is 2.33. The zero-order valence-electron chi connectivity index (χ0n) is 22.4. The number of aryl methyl sites for hydroxylation is 1. The van der Waals surface area contributed by atoms with Gasteiger partial charge in [-0.1, -0.05) is 17.3 Å². The van der Waals surface area contributed by atoms with Gasteiger partial charge in [-0.3, -0.25) is 14.4 Å². The molecule has 0 radical (unpaired) electrons. The first-order chi connectivity index (χ1) is 19.6. The maximum absolute atomic E-state index is 13.2. The topological polar surface area (TPSA) is 128 Å². The Morgan fingerprint density at radius 2 is 2.00 bits per heavy atom. The molecular weight excluding hydrogens is 508 g/mol. The fraction of sp³-hybridized carbons (Fsp3) is 0.429. The maximum atomic E-state index is 13.2. The summed E-state index contributed by atoms with van der Waals surface area (Å²) in [6, 6.07) is 8.92. The van der Waals surface area contributed by atoms with Gasteiger partial charge in [0.25, 0.3) is 5.91 Å². The van der Waals surface area contributed by atoms with Gasteiger partial charge >= 0.3 is 0 Å². The smallest absolute Gasteiger partial charge is 0.273 e. The number of anilines is 2.